The minimum Gasteiger partial charge on any atom is -0.455 e. The average Bonchev–Trinajstić information content (AvgIpc) is 3.64. The highest BCUT2D eigenvalue weighted by Gasteiger charge is 2.20. The Hall–Kier alpha value is -7.16. The molecule has 0 aliphatic carbocycles. The Morgan fingerprint density at radius 3 is 1.52 bits per heavy atom. The predicted molar refractivity (Wildman–Crippen MR) is 228 cm³/mol. The van der Waals surface area contributed by atoms with Gasteiger partial charge in [-0.1, -0.05) is 176 Å². The van der Waals surface area contributed by atoms with Crippen molar-refractivity contribution in [2.75, 3.05) is 4.90 Å². The maximum absolute atomic E-state index is 6.57. The fourth-order valence-corrected chi connectivity index (χ4v) is 7.84. The number of nitrogens with zero attached hydrogens (tertiary/aromatic N) is 1. The molecule has 0 amide bonds. The first kappa shape index (κ1) is 31.6. The average molecular weight is 690 g/mol. The Bertz CT molecular complexity index is 2900. The van der Waals surface area contributed by atoms with Crippen LogP contribution in [0.2, 0.25) is 0 Å². The Morgan fingerprint density at radius 2 is 0.778 bits per heavy atom. The SMILES string of the molecule is c1ccc(-c2ccc(-c3ccc(N(c4ccc(-c5cccc6ccccc56)cc4)c4ccccc4-c4cccc5c4oc4ccccc45)cc3)cc2)cc1. The zero-order valence-electron chi connectivity index (χ0n) is 29.6. The third-order valence-electron chi connectivity index (χ3n) is 10.5. The first-order valence-electron chi connectivity index (χ1n) is 18.4. The number of hydrogen-bond donors (Lipinski definition) is 0. The first-order chi connectivity index (χ1) is 26.8. The highest BCUT2D eigenvalue weighted by molar-refractivity contribution is 6.11. The van der Waals surface area contributed by atoms with Crippen LogP contribution in [0.3, 0.4) is 0 Å². The molecule has 254 valence electrons. The molecule has 0 unspecified atom stereocenters. The summed E-state index contributed by atoms with van der Waals surface area (Å²) in [6, 6.07) is 75.8. The van der Waals surface area contributed by atoms with Gasteiger partial charge in [-0.15, -0.1) is 0 Å². The van der Waals surface area contributed by atoms with Crippen LogP contribution in [0.5, 0.6) is 0 Å². The Labute approximate surface area is 314 Å². The highest BCUT2D eigenvalue weighted by atomic mass is 16.3. The van der Waals surface area contributed by atoms with Gasteiger partial charge in [-0.05, 0) is 80.6 Å². The Balaban J connectivity index is 1.09. The van der Waals surface area contributed by atoms with Crippen LogP contribution in [0.1, 0.15) is 0 Å². The standard InChI is InChI=1S/C52H35NO/c1-2-12-36(13-3-1)37-24-26-38(27-25-37)39-28-32-42(33-29-39)53(43-34-30-41(31-35-43)45-19-10-15-40-14-4-5-16-44(40)45)50-22-8-6-17-46(50)48-20-11-21-49-47-18-7-9-23-51(47)54-52(48)49/h1-35H. The van der Waals surface area contributed by atoms with Gasteiger partial charge in [0.25, 0.3) is 0 Å². The van der Waals surface area contributed by atoms with Crippen LogP contribution >= 0.6 is 0 Å². The number of para-hydroxylation sites is 3. The predicted octanol–water partition coefficient (Wildman–Crippen LogP) is 14.9. The van der Waals surface area contributed by atoms with E-state index in [9.17, 15) is 0 Å². The summed E-state index contributed by atoms with van der Waals surface area (Å²) >= 11 is 0. The monoisotopic (exact) mass is 689 g/mol. The van der Waals surface area contributed by atoms with Crippen molar-refractivity contribution in [1.29, 1.82) is 0 Å². The number of fused-ring (bicyclic) bond motifs is 4. The van der Waals surface area contributed by atoms with Gasteiger partial charge in [0.05, 0.1) is 5.69 Å². The quantitative estimate of drug-likeness (QED) is 0.166. The van der Waals surface area contributed by atoms with Crippen LogP contribution < -0.4 is 4.90 Å². The third kappa shape index (κ3) is 5.62. The van der Waals surface area contributed by atoms with Crippen LogP contribution in [-0.2, 0) is 0 Å². The van der Waals surface area contributed by atoms with Crippen molar-refractivity contribution in [3.8, 4) is 44.5 Å². The summed E-state index contributed by atoms with van der Waals surface area (Å²) in [5, 5.41) is 4.73. The molecule has 2 nitrogen and oxygen atoms in total. The largest absolute Gasteiger partial charge is 0.455 e. The normalized spacial score (nSPS) is 11.3. The molecule has 2 heteroatoms. The maximum atomic E-state index is 6.57. The van der Waals surface area contributed by atoms with E-state index in [1.165, 1.54) is 44.2 Å². The summed E-state index contributed by atoms with van der Waals surface area (Å²) in [6.45, 7) is 0. The summed E-state index contributed by atoms with van der Waals surface area (Å²) in [4.78, 5) is 2.37. The van der Waals surface area contributed by atoms with E-state index < -0.39 is 0 Å². The van der Waals surface area contributed by atoms with Gasteiger partial charge in [0.2, 0.25) is 0 Å². The zero-order chi connectivity index (χ0) is 35.8. The maximum Gasteiger partial charge on any atom is 0.143 e. The van der Waals surface area contributed by atoms with Gasteiger partial charge in [-0.25, -0.2) is 0 Å². The second-order valence-electron chi connectivity index (χ2n) is 13.7. The van der Waals surface area contributed by atoms with E-state index in [1.807, 2.05) is 12.1 Å². The van der Waals surface area contributed by atoms with Crippen LogP contribution in [0.25, 0.3) is 77.2 Å². The van der Waals surface area contributed by atoms with Gasteiger partial charge < -0.3 is 9.32 Å². The van der Waals surface area contributed by atoms with Crippen molar-refractivity contribution in [1.82, 2.24) is 0 Å². The minimum atomic E-state index is 0.894. The van der Waals surface area contributed by atoms with Crippen LogP contribution in [0.15, 0.2) is 217 Å². The van der Waals surface area contributed by atoms with Gasteiger partial charge in [0.1, 0.15) is 11.2 Å². The molecule has 0 fully saturated rings. The second kappa shape index (κ2) is 13.4. The molecule has 0 saturated heterocycles. The fourth-order valence-electron chi connectivity index (χ4n) is 7.84. The summed E-state index contributed by atoms with van der Waals surface area (Å²) in [6.07, 6.45) is 0. The molecule has 0 spiro atoms. The van der Waals surface area contributed by atoms with Gasteiger partial charge in [-0.3, -0.25) is 0 Å². The van der Waals surface area contributed by atoms with Gasteiger partial charge in [-0.2, -0.15) is 0 Å². The van der Waals surface area contributed by atoms with E-state index in [0.29, 0.717) is 0 Å². The topological polar surface area (TPSA) is 16.4 Å². The van der Waals surface area contributed by atoms with E-state index in [2.05, 4.69) is 205 Å². The van der Waals surface area contributed by atoms with Crippen molar-refractivity contribution >= 4 is 49.8 Å². The van der Waals surface area contributed by atoms with Crippen molar-refractivity contribution in [2.45, 2.75) is 0 Å². The molecule has 0 N–H and O–H groups in total. The van der Waals surface area contributed by atoms with Crippen LogP contribution in [0.4, 0.5) is 17.1 Å². The van der Waals surface area contributed by atoms with E-state index >= 15 is 0 Å². The Morgan fingerprint density at radius 1 is 0.296 bits per heavy atom. The number of anilines is 3. The number of rotatable bonds is 7. The molecule has 0 atom stereocenters. The smallest absolute Gasteiger partial charge is 0.143 e. The van der Waals surface area contributed by atoms with Gasteiger partial charge in [0.15, 0.2) is 0 Å². The molecular formula is C52H35NO. The third-order valence-corrected chi connectivity index (χ3v) is 10.5. The molecule has 1 heterocycles. The van der Waals surface area contributed by atoms with E-state index in [4.69, 9.17) is 4.42 Å². The fraction of sp³-hybridized carbons (Fsp3) is 0. The summed E-state index contributed by atoms with van der Waals surface area (Å²) in [7, 11) is 0. The lowest BCUT2D eigenvalue weighted by atomic mass is 9.97. The number of furan rings is 1. The van der Waals surface area contributed by atoms with Crippen molar-refractivity contribution in [3.63, 3.8) is 0 Å². The summed E-state index contributed by atoms with van der Waals surface area (Å²) < 4.78 is 6.57. The molecular weight excluding hydrogens is 655 g/mol. The second-order valence-corrected chi connectivity index (χ2v) is 13.7. The summed E-state index contributed by atoms with van der Waals surface area (Å²) in [5.74, 6) is 0. The molecule has 10 aromatic rings. The molecule has 1 aromatic heterocycles. The first-order valence-corrected chi connectivity index (χ1v) is 18.4. The highest BCUT2D eigenvalue weighted by Crippen LogP contribution is 2.45. The van der Waals surface area contributed by atoms with E-state index in [-0.39, 0.29) is 0 Å². The molecule has 9 aromatic carbocycles. The van der Waals surface area contributed by atoms with E-state index in [0.717, 1.165) is 50.1 Å². The molecule has 10 rings (SSSR count). The zero-order valence-corrected chi connectivity index (χ0v) is 29.6. The van der Waals surface area contributed by atoms with Gasteiger partial charge in [0, 0.05) is 33.3 Å². The molecule has 0 radical (unpaired) electrons. The summed E-state index contributed by atoms with van der Waals surface area (Å²) in [5.41, 5.74) is 14.4. The number of hydrogen-bond acceptors (Lipinski definition) is 2. The molecule has 0 bridgehead atoms. The van der Waals surface area contributed by atoms with Crippen LogP contribution in [0, 0.1) is 0 Å². The van der Waals surface area contributed by atoms with Gasteiger partial charge >= 0.3 is 0 Å². The van der Waals surface area contributed by atoms with E-state index in [1.54, 1.807) is 0 Å². The van der Waals surface area contributed by atoms with Crippen LogP contribution in [-0.4, -0.2) is 0 Å². The molecule has 0 aliphatic rings. The molecule has 0 saturated carbocycles. The lowest BCUT2D eigenvalue weighted by Crippen LogP contribution is -2.11. The molecule has 54 heavy (non-hydrogen) atoms. The van der Waals surface area contributed by atoms with Crippen molar-refractivity contribution in [3.05, 3.63) is 212 Å². The minimum absolute atomic E-state index is 0.894. The Kier molecular flexibility index (Phi) is 7.85. The number of benzene rings is 9. The molecule has 0 aliphatic heterocycles. The van der Waals surface area contributed by atoms with Crippen molar-refractivity contribution in [2.24, 2.45) is 0 Å². The lowest BCUT2D eigenvalue weighted by Gasteiger charge is -2.28. The van der Waals surface area contributed by atoms with Crippen molar-refractivity contribution < 1.29 is 4.42 Å². The lowest BCUT2D eigenvalue weighted by molar-refractivity contribution is 0.670.